The summed E-state index contributed by atoms with van der Waals surface area (Å²) in [4.78, 5) is 25.0. The van der Waals surface area contributed by atoms with Gasteiger partial charge < -0.3 is 29.6 Å². The van der Waals surface area contributed by atoms with Crippen molar-refractivity contribution in [1.29, 1.82) is 0 Å². The Hall–Kier alpha value is -4.20. The highest BCUT2D eigenvalue weighted by atomic mass is 16.5. The van der Waals surface area contributed by atoms with Gasteiger partial charge in [0.25, 0.3) is 11.8 Å². The summed E-state index contributed by atoms with van der Waals surface area (Å²) in [6.45, 7) is 2.48. The molecule has 178 valence electrons. The fraction of sp³-hybridized carbons (Fsp3) is 0.231. The van der Waals surface area contributed by atoms with Crippen LogP contribution >= 0.6 is 0 Å². The maximum Gasteiger partial charge on any atom is 0.262 e. The van der Waals surface area contributed by atoms with Crippen molar-refractivity contribution in [1.82, 2.24) is 0 Å². The van der Waals surface area contributed by atoms with Gasteiger partial charge in [0.15, 0.2) is 6.61 Å². The Morgan fingerprint density at radius 2 is 1.32 bits per heavy atom. The monoisotopic (exact) mass is 464 g/mol. The van der Waals surface area contributed by atoms with Gasteiger partial charge in [0, 0.05) is 17.7 Å². The third-order valence-electron chi connectivity index (χ3n) is 4.75. The SMILES string of the molecule is CCCOc1ccc(OCC(=O)Nc2cc(OC)c(NC(=O)c3ccccc3)cc2OC)cc1. The second kappa shape index (κ2) is 12.2. The lowest BCUT2D eigenvalue weighted by Gasteiger charge is -2.16. The second-order valence-electron chi connectivity index (χ2n) is 7.23. The maximum absolute atomic E-state index is 12.5. The predicted molar refractivity (Wildman–Crippen MR) is 130 cm³/mol. The highest BCUT2D eigenvalue weighted by Crippen LogP contribution is 2.36. The number of methoxy groups -OCH3 is 2. The van der Waals surface area contributed by atoms with Crippen molar-refractivity contribution in [2.45, 2.75) is 13.3 Å². The van der Waals surface area contributed by atoms with Crippen LogP contribution in [0.5, 0.6) is 23.0 Å². The van der Waals surface area contributed by atoms with Crippen molar-refractivity contribution in [3.63, 3.8) is 0 Å². The first kappa shape index (κ1) is 24.4. The third kappa shape index (κ3) is 6.65. The first-order valence-electron chi connectivity index (χ1n) is 10.8. The van der Waals surface area contributed by atoms with Crippen LogP contribution in [-0.2, 0) is 4.79 Å². The molecule has 8 heteroatoms. The molecule has 8 nitrogen and oxygen atoms in total. The number of ether oxygens (including phenoxy) is 4. The molecule has 0 spiro atoms. The molecule has 34 heavy (non-hydrogen) atoms. The predicted octanol–water partition coefficient (Wildman–Crippen LogP) is 4.76. The molecule has 0 atom stereocenters. The van der Waals surface area contributed by atoms with Crippen LogP contribution in [0.25, 0.3) is 0 Å². The molecule has 0 bridgehead atoms. The minimum atomic E-state index is -0.382. The average Bonchev–Trinajstić information content (AvgIpc) is 2.87. The van der Waals surface area contributed by atoms with Gasteiger partial charge in [-0.1, -0.05) is 25.1 Å². The molecule has 0 aliphatic heterocycles. The van der Waals surface area contributed by atoms with Crippen LogP contribution in [0, 0.1) is 0 Å². The van der Waals surface area contributed by atoms with E-state index in [0.29, 0.717) is 40.8 Å². The Kier molecular flexibility index (Phi) is 8.73. The number of carbonyl (C=O) groups is 2. The topological polar surface area (TPSA) is 95.1 Å². The van der Waals surface area contributed by atoms with Crippen molar-refractivity contribution >= 4 is 23.2 Å². The Balaban J connectivity index is 1.65. The zero-order valence-electron chi connectivity index (χ0n) is 19.4. The van der Waals surface area contributed by atoms with Gasteiger partial charge in [-0.3, -0.25) is 9.59 Å². The smallest absolute Gasteiger partial charge is 0.262 e. The molecule has 0 radical (unpaired) electrons. The summed E-state index contributed by atoms with van der Waals surface area (Å²) in [6.07, 6.45) is 0.924. The number of amides is 2. The normalized spacial score (nSPS) is 10.2. The molecule has 3 aromatic rings. The number of anilines is 2. The van der Waals surface area contributed by atoms with E-state index in [1.807, 2.05) is 13.0 Å². The van der Waals surface area contributed by atoms with Gasteiger partial charge >= 0.3 is 0 Å². The number of benzene rings is 3. The van der Waals surface area contributed by atoms with Crippen LogP contribution in [0.1, 0.15) is 23.7 Å². The number of hydrogen-bond acceptors (Lipinski definition) is 6. The highest BCUT2D eigenvalue weighted by Gasteiger charge is 2.16. The van der Waals surface area contributed by atoms with E-state index in [-0.39, 0.29) is 18.4 Å². The molecule has 3 aromatic carbocycles. The highest BCUT2D eigenvalue weighted by molar-refractivity contribution is 6.05. The summed E-state index contributed by atoms with van der Waals surface area (Å²) < 4.78 is 21.9. The van der Waals surface area contributed by atoms with E-state index in [0.717, 1.165) is 12.2 Å². The van der Waals surface area contributed by atoms with Crippen LogP contribution in [0.3, 0.4) is 0 Å². The van der Waals surface area contributed by atoms with Crippen molar-refractivity contribution in [3.05, 3.63) is 72.3 Å². The van der Waals surface area contributed by atoms with E-state index in [1.54, 1.807) is 60.7 Å². The van der Waals surface area contributed by atoms with Crippen molar-refractivity contribution in [2.24, 2.45) is 0 Å². The van der Waals surface area contributed by atoms with Crippen LogP contribution in [0.2, 0.25) is 0 Å². The average molecular weight is 465 g/mol. The minimum Gasteiger partial charge on any atom is -0.494 e. The molecule has 2 amide bonds. The van der Waals surface area contributed by atoms with Gasteiger partial charge in [-0.15, -0.1) is 0 Å². The van der Waals surface area contributed by atoms with E-state index in [4.69, 9.17) is 18.9 Å². The van der Waals surface area contributed by atoms with Crippen molar-refractivity contribution < 1.29 is 28.5 Å². The second-order valence-corrected chi connectivity index (χ2v) is 7.23. The Morgan fingerprint density at radius 3 is 1.88 bits per heavy atom. The first-order valence-corrected chi connectivity index (χ1v) is 10.8. The van der Waals surface area contributed by atoms with E-state index in [9.17, 15) is 9.59 Å². The standard InChI is InChI=1S/C26H28N2O6/c1-4-14-33-19-10-12-20(13-11-19)34-17-25(29)27-21-15-24(32-3)22(16-23(21)31-2)28-26(30)18-8-6-5-7-9-18/h5-13,15-16H,4,14,17H2,1-3H3,(H,27,29)(H,28,30). The molecular formula is C26H28N2O6. The lowest BCUT2D eigenvalue weighted by Crippen LogP contribution is -2.21. The summed E-state index contributed by atoms with van der Waals surface area (Å²) in [6, 6.07) is 19.0. The quantitative estimate of drug-likeness (QED) is 0.425. The van der Waals surface area contributed by atoms with Crippen LogP contribution in [0.15, 0.2) is 66.7 Å². The van der Waals surface area contributed by atoms with Gasteiger partial charge in [-0.05, 0) is 42.8 Å². The lowest BCUT2D eigenvalue weighted by atomic mass is 10.2. The molecule has 0 saturated heterocycles. The summed E-state index contributed by atoms with van der Waals surface area (Å²) in [7, 11) is 2.95. The van der Waals surface area contributed by atoms with Crippen LogP contribution in [-0.4, -0.2) is 39.2 Å². The fourth-order valence-corrected chi connectivity index (χ4v) is 3.06. The van der Waals surface area contributed by atoms with Crippen molar-refractivity contribution in [2.75, 3.05) is 38.1 Å². The molecule has 0 fully saturated rings. The summed E-state index contributed by atoms with van der Waals surface area (Å²) in [5, 5.41) is 5.56. The van der Waals surface area contributed by atoms with Gasteiger partial charge in [0.1, 0.15) is 23.0 Å². The molecule has 3 rings (SSSR count). The summed E-state index contributed by atoms with van der Waals surface area (Å²) >= 11 is 0. The molecule has 0 aromatic heterocycles. The Morgan fingerprint density at radius 1 is 0.765 bits per heavy atom. The van der Waals surface area contributed by atoms with E-state index in [1.165, 1.54) is 14.2 Å². The fourth-order valence-electron chi connectivity index (χ4n) is 3.06. The number of carbonyl (C=O) groups excluding carboxylic acids is 2. The van der Waals surface area contributed by atoms with Crippen LogP contribution in [0.4, 0.5) is 11.4 Å². The zero-order valence-corrected chi connectivity index (χ0v) is 19.4. The number of hydrogen-bond donors (Lipinski definition) is 2. The van der Waals surface area contributed by atoms with E-state index >= 15 is 0 Å². The summed E-state index contributed by atoms with van der Waals surface area (Å²) in [5.41, 5.74) is 1.30. The number of nitrogens with one attached hydrogen (secondary N) is 2. The van der Waals surface area contributed by atoms with Gasteiger partial charge in [0.05, 0.1) is 32.2 Å². The zero-order chi connectivity index (χ0) is 24.3. The van der Waals surface area contributed by atoms with Crippen molar-refractivity contribution in [3.8, 4) is 23.0 Å². The largest absolute Gasteiger partial charge is 0.494 e. The van der Waals surface area contributed by atoms with E-state index in [2.05, 4.69) is 10.6 Å². The maximum atomic E-state index is 12.5. The number of rotatable bonds is 11. The minimum absolute atomic E-state index is 0.201. The molecule has 0 aliphatic carbocycles. The molecular weight excluding hydrogens is 436 g/mol. The van der Waals surface area contributed by atoms with Gasteiger partial charge in [0.2, 0.25) is 0 Å². The summed E-state index contributed by atoms with van der Waals surface area (Å²) in [5.74, 6) is 1.33. The molecule has 2 N–H and O–H groups in total. The molecule has 0 aliphatic rings. The molecule has 0 heterocycles. The molecule has 0 saturated carbocycles. The lowest BCUT2D eigenvalue weighted by molar-refractivity contribution is -0.118. The first-order chi connectivity index (χ1) is 16.5. The van der Waals surface area contributed by atoms with Crippen LogP contribution < -0.4 is 29.6 Å². The van der Waals surface area contributed by atoms with E-state index < -0.39 is 0 Å². The van der Waals surface area contributed by atoms with Gasteiger partial charge in [-0.25, -0.2) is 0 Å². The Labute approximate surface area is 198 Å². The third-order valence-corrected chi connectivity index (χ3v) is 4.75. The molecule has 0 unspecified atom stereocenters. The Bertz CT molecular complexity index is 1100. The van der Waals surface area contributed by atoms with Gasteiger partial charge in [-0.2, -0.15) is 0 Å².